The Morgan fingerprint density at radius 1 is 0.667 bits per heavy atom. The van der Waals surface area contributed by atoms with Crippen molar-refractivity contribution in [3.05, 3.63) is 0 Å². The zero-order valence-corrected chi connectivity index (χ0v) is 12.2. The van der Waals surface area contributed by atoms with Crippen molar-refractivity contribution >= 4 is 0 Å². The van der Waals surface area contributed by atoms with Gasteiger partial charge in [-0.1, -0.05) is 13.8 Å². The van der Waals surface area contributed by atoms with Gasteiger partial charge in [-0.3, -0.25) is 0 Å². The zero-order chi connectivity index (χ0) is 12.2. The minimum absolute atomic E-state index is 0.718. The molecule has 0 aromatic carbocycles. The highest BCUT2D eigenvalue weighted by atomic mass is 15.4. The van der Waals surface area contributed by atoms with Crippen LogP contribution in [0, 0.1) is 0 Å². The summed E-state index contributed by atoms with van der Waals surface area (Å²) in [7, 11) is 0. The van der Waals surface area contributed by atoms with E-state index in [1.165, 1.54) is 17.3 Å². The fourth-order valence-electron chi connectivity index (χ4n) is 3.70. The van der Waals surface area contributed by atoms with Crippen LogP contribution in [0.3, 0.4) is 0 Å². The molecule has 15 heavy (non-hydrogen) atoms. The van der Waals surface area contributed by atoms with Gasteiger partial charge in [0.15, 0.2) is 0 Å². The van der Waals surface area contributed by atoms with E-state index in [0.29, 0.717) is 0 Å². The Kier molecular flexibility index (Phi) is 5.87. The summed E-state index contributed by atoms with van der Waals surface area (Å²) < 4.78 is 1.27. The Hall–Kier alpha value is -0.0400. The molecule has 0 saturated carbocycles. The first-order valence-corrected chi connectivity index (χ1v) is 6.73. The Morgan fingerprint density at radius 3 is 1.07 bits per heavy atom. The monoisotopic (exact) mass is 214 g/mol. The lowest BCUT2D eigenvalue weighted by Gasteiger charge is -2.54. The van der Waals surface area contributed by atoms with Crippen molar-refractivity contribution in [1.82, 2.24) is 0 Å². The Labute approximate surface area is 97.5 Å². The van der Waals surface area contributed by atoms with Crippen LogP contribution in [-0.4, -0.2) is 28.7 Å². The fourth-order valence-corrected chi connectivity index (χ4v) is 3.70. The minimum Gasteiger partial charge on any atom is -0.315 e. The molecule has 92 valence electrons. The average molecular weight is 214 g/mol. The smallest absolute Gasteiger partial charge is 0.0864 e. The first kappa shape index (κ1) is 15.0. The van der Waals surface area contributed by atoms with Crippen molar-refractivity contribution < 1.29 is 4.48 Å². The van der Waals surface area contributed by atoms with Gasteiger partial charge in [0.1, 0.15) is 0 Å². The molecule has 0 aromatic rings. The van der Waals surface area contributed by atoms with Crippen LogP contribution in [0.15, 0.2) is 0 Å². The predicted molar refractivity (Wildman–Crippen MR) is 70.0 cm³/mol. The van der Waals surface area contributed by atoms with E-state index in [4.69, 9.17) is 0 Å². The molecule has 0 heterocycles. The fraction of sp³-hybridized carbons (Fsp3) is 1.00. The molecule has 0 N–H and O–H groups in total. The second-order valence-electron chi connectivity index (χ2n) is 5.60. The van der Waals surface area contributed by atoms with E-state index < -0.39 is 0 Å². The summed E-state index contributed by atoms with van der Waals surface area (Å²) in [6.45, 7) is 19.0. The molecule has 0 aliphatic rings. The molecule has 0 saturated heterocycles. The topological polar surface area (TPSA) is 0 Å². The molecule has 0 aliphatic carbocycles. The van der Waals surface area contributed by atoms with Crippen LogP contribution in [0.1, 0.15) is 68.2 Å². The maximum absolute atomic E-state index is 2.42. The van der Waals surface area contributed by atoms with E-state index in [9.17, 15) is 0 Å². The van der Waals surface area contributed by atoms with Crippen molar-refractivity contribution in [3.8, 4) is 0 Å². The van der Waals surface area contributed by atoms with E-state index in [-0.39, 0.29) is 0 Å². The maximum Gasteiger partial charge on any atom is 0.0864 e. The Morgan fingerprint density at radius 2 is 0.933 bits per heavy atom. The number of quaternary nitrogens is 1. The third-order valence-corrected chi connectivity index (χ3v) is 4.50. The first-order valence-electron chi connectivity index (χ1n) is 6.73. The molecular weight excluding hydrogens is 182 g/mol. The Balaban J connectivity index is 5.26. The molecule has 1 nitrogen and oxygen atoms in total. The summed E-state index contributed by atoms with van der Waals surface area (Å²) in [4.78, 5) is 0. The van der Waals surface area contributed by atoms with Gasteiger partial charge in [0.2, 0.25) is 0 Å². The molecule has 2 unspecified atom stereocenters. The zero-order valence-electron chi connectivity index (χ0n) is 12.2. The molecular formula is C14H32N+. The molecule has 0 aliphatic heterocycles. The summed E-state index contributed by atoms with van der Waals surface area (Å²) in [5, 5.41) is 0. The van der Waals surface area contributed by atoms with Crippen LogP contribution >= 0.6 is 0 Å². The maximum atomic E-state index is 2.42. The van der Waals surface area contributed by atoms with Gasteiger partial charge in [-0.15, -0.1) is 0 Å². The molecule has 0 spiro atoms. The summed E-state index contributed by atoms with van der Waals surface area (Å²) >= 11 is 0. The molecule has 2 atom stereocenters. The second kappa shape index (κ2) is 5.89. The number of nitrogens with zero attached hydrogens (tertiary/aromatic N) is 1. The van der Waals surface area contributed by atoms with Gasteiger partial charge in [-0.05, 0) is 54.4 Å². The Bertz CT molecular complexity index is 152. The standard InChI is InChI=1S/C14H32N/c1-9-13(7)15(11(3)4,12(5)6)14(8)10-2/h11-14H,9-10H2,1-8H3/q+1. The number of rotatable bonds is 6. The summed E-state index contributed by atoms with van der Waals surface area (Å²) in [6.07, 6.45) is 2.56. The van der Waals surface area contributed by atoms with E-state index >= 15 is 0 Å². The summed E-state index contributed by atoms with van der Waals surface area (Å²) in [6, 6.07) is 2.96. The van der Waals surface area contributed by atoms with Crippen LogP contribution in [0.5, 0.6) is 0 Å². The molecule has 0 aromatic heterocycles. The van der Waals surface area contributed by atoms with Crippen LogP contribution in [0.2, 0.25) is 0 Å². The lowest BCUT2D eigenvalue weighted by molar-refractivity contribution is -1.01. The van der Waals surface area contributed by atoms with Gasteiger partial charge < -0.3 is 4.48 Å². The van der Waals surface area contributed by atoms with Gasteiger partial charge in [0, 0.05) is 0 Å². The lowest BCUT2D eigenvalue weighted by atomic mass is 9.96. The van der Waals surface area contributed by atoms with Crippen molar-refractivity contribution in [3.63, 3.8) is 0 Å². The van der Waals surface area contributed by atoms with Crippen molar-refractivity contribution in [1.29, 1.82) is 0 Å². The quantitative estimate of drug-likeness (QED) is 0.581. The van der Waals surface area contributed by atoms with Crippen LogP contribution < -0.4 is 0 Å². The predicted octanol–water partition coefficient (Wildman–Crippen LogP) is 4.22. The number of hydrogen-bond donors (Lipinski definition) is 0. The largest absolute Gasteiger partial charge is 0.315 e. The van der Waals surface area contributed by atoms with Crippen molar-refractivity contribution in [2.24, 2.45) is 0 Å². The molecule has 0 radical (unpaired) electrons. The molecule has 0 bridgehead atoms. The second-order valence-corrected chi connectivity index (χ2v) is 5.60. The molecule has 1 heteroatoms. The summed E-state index contributed by atoms with van der Waals surface area (Å²) in [5.41, 5.74) is 0. The third-order valence-electron chi connectivity index (χ3n) is 4.50. The van der Waals surface area contributed by atoms with Gasteiger partial charge in [0.25, 0.3) is 0 Å². The normalized spacial score (nSPS) is 17.2. The van der Waals surface area contributed by atoms with E-state index in [1.807, 2.05) is 0 Å². The van der Waals surface area contributed by atoms with Gasteiger partial charge in [0.05, 0.1) is 24.2 Å². The summed E-state index contributed by atoms with van der Waals surface area (Å²) in [5.74, 6) is 0. The SMILES string of the molecule is CCC(C)[N+](C(C)C)(C(C)C)C(C)CC. The third kappa shape index (κ3) is 2.55. The van der Waals surface area contributed by atoms with E-state index in [0.717, 1.165) is 24.2 Å². The van der Waals surface area contributed by atoms with Gasteiger partial charge in [-0.25, -0.2) is 0 Å². The highest BCUT2D eigenvalue weighted by Crippen LogP contribution is 2.31. The van der Waals surface area contributed by atoms with Crippen LogP contribution in [0.25, 0.3) is 0 Å². The lowest BCUT2D eigenvalue weighted by Crippen LogP contribution is -2.66. The number of hydrogen-bond acceptors (Lipinski definition) is 0. The van der Waals surface area contributed by atoms with Crippen molar-refractivity contribution in [2.75, 3.05) is 0 Å². The van der Waals surface area contributed by atoms with Crippen LogP contribution in [-0.2, 0) is 0 Å². The minimum atomic E-state index is 0.718. The highest BCUT2D eigenvalue weighted by molar-refractivity contribution is 4.66. The highest BCUT2D eigenvalue weighted by Gasteiger charge is 2.42. The molecule has 0 amide bonds. The van der Waals surface area contributed by atoms with Crippen molar-refractivity contribution in [2.45, 2.75) is 92.4 Å². The average Bonchev–Trinajstić information content (AvgIpc) is 2.16. The van der Waals surface area contributed by atoms with Gasteiger partial charge in [-0.2, -0.15) is 0 Å². The van der Waals surface area contributed by atoms with Gasteiger partial charge >= 0.3 is 0 Å². The first-order chi connectivity index (χ1) is 6.85. The molecule has 0 rings (SSSR count). The van der Waals surface area contributed by atoms with E-state index in [1.54, 1.807) is 0 Å². The van der Waals surface area contributed by atoms with E-state index in [2.05, 4.69) is 55.4 Å². The van der Waals surface area contributed by atoms with Crippen LogP contribution in [0.4, 0.5) is 0 Å². The molecule has 0 fully saturated rings.